The molecule has 6 heteroatoms. The van der Waals surface area contributed by atoms with Crippen molar-refractivity contribution in [1.82, 2.24) is 15.5 Å². The summed E-state index contributed by atoms with van der Waals surface area (Å²) in [6.45, 7) is 4.82. The Labute approximate surface area is 177 Å². The molecule has 156 valence electrons. The van der Waals surface area contributed by atoms with Crippen molar-refractivity contribution in [3.8, 4) is 0 Å². The van der Waals surface area contributed by atoms with Gasteiger partial charge in [-0.15, -0.1) is 0 Å². The number of benzene rings is 2. The van der Waals surface area contributed by atoms with Crippen LogP contribution in [0.4, 0.5) is 0 Å². The molecule has 5 nitrogen and oxygen atoms in total. The average Bonchev–Trinajstić information content (AvgIpc) is 2.78. The lowest BCUT2D eigenvalue weighted by molar-refractivity contribution is 0.221. The van der Waals surface area contributed by atoms with E-state index in [4.69, 9.17) is 0 Å². The molecule has 0 radical (unpaired) electrons. The van der Waals surface area contributed by atoms with Crippen molar-refractivity contribution in [1.29, 1.82) is 0 Å². The highest BCUT2D eigenvalue weighted by molar-refractivity contribution is 7.85. The minimum absolute atomic E-state index is 0.551. The maximum absolute atomic E-state index is 12.3. The summed E-state index contributed by atoms with van der Waals surface area (Å²) in [6.07, 6.45) is 4.03. The average molecular weight is 413 g/mol. The number of rotatable bonds is 8. The molecule has 0 aliphatic carbocycles. The van der Waals surface area contributed by atoms with Gasteiger partial charge in [-0.05, 0) is 49.2 Å². The van der Waals surface area contributed by atoms with Crippen LogP contribution in [0, 0.1) is 0 Å². The standard InChI is InChI=1S/C23H32N4OS/c1-24-23(25-14-17-29(28)22-8-4-2-5-9-22)26-18-20-10-12-21(13-11-20)19-27-15-6-3-7-16-27/h2,4-5,8-13H,3,6-7,14-19H2,1H3,(H2,24,25,26). The molecule has 1 unspecified atom stereocenters. The third-order valence-electron chi connectivity index (χ3n) is 5.15. The van der Waals surface area contributed by atoms with Crippen molar-refractivity contribution < 1.29 is 4.21 Å². The zero-order valence-electron chi connectivity index (χ0n) is 17.3. The lowest BCUT2D eigenvalue weighted by Crippen LogP contribution is -2.38. The van der Waals surface area contributed by atoms with Crippen LogP contribution in [0.2, 0.25) is 0 Å². The fourth-order valence-corrected chi connectivity index (χ4v) is 4.48. The van der Waals surface area contributed by atoms with Crippen LogP contribution >= 0.6 is 0 Å². The van der Waals surface area contributed by atoms with Gasteiger partial charge in [0.15, 0.2) is 5.96 Å². The fraction of sp³-hybridized carbons (Fsp3) is 0.435. The van der Waals surface area contributed by atoms with E-state index in [0.717, 1.165) is 17.4 Å². The van der Waals surface area contributed by atoms with Crippen molar-refractivity contribution in [3.63, 3.8) is 0 Å². The predicted molar refractivity (Wildman–Crippen MR) is 121 cm³/mol. The Kier molecular flexibility index (Phi) is 8.71. The van der Waals surface area contributed by atoms with Crippen LogP contribution in [0.25, 0.3) is 0 Å². The van der Waals surface area contributed by atoms with Crippen LogP contribution in [0.15, 0.2) is 64.5 Å². The van der Waals surface area contributed by atoms with Crippen molar-refractivity contribution in [2.24, 2.45) is 4.99 Å². The summed E-state index contributed by atoms with van der Waals surface area (Å²) in [4.78, 5) is 7.66. The van der Waals surface area contributed by atoms with Crippen molar-refractivity contribution >= 4 is 16.8 Å². The van der Waals surface area contributed by atoms with Gasteiger partial charge in [0.1, 0.15) is 0 Å². The highest BCUT2D eigenvalue weighted by Gasteiger charge is 2.10. The molecule has 29 heavy (non-hydrogen) atoms. The van der Waals surface area contributed by atoms with Gasteiger partial charge in [0.25, 0.3) is 0 Å². The van der Waals surface area contributed by atoms with Gasteiger partial charge in [-0.2, -0.15) is 0 Å². The number of hydrogen-bond acceptors (Lipinski definition) is 3. The van der Waals surface area contributed by atoms with Gasteiger partial charge in [0.05, 0.1) is 10.8 Å². The lowest BCUT2D eigenvalue weighted by Gasteiger charge is -2.26. The molecule has 3 rings (SSSR count). The maximum Gasteiger partial charge on any atom is 0.191 e. The van der Waals surface area contributed by atoms with Crippen LogP contribution in [-0.4, -0.2) is 47.5 Å². The van der Waals surface area contributed by atoms with Crippen LogP contribution < -0.4 is 10.6 Å². The normalized spacial score (nSPS) is 16.4. The summed E-state index contributed by atoms with van der Waals surface area (Å²) in [6, 6.07) is 18.4. The second-order valence-corrected chi connectivity index (χ2v) is 8.94. The number of aliphatic imine (C=N–C) groups is 1. The molecule has 1 atom stereocenters. The monoisotopic (exact) mass is 412 g/mol. The Hall–Kier alpha value is -2.18. The summed E-state index contributed by atoms with van der Waals surface area (Å²) < 4.78 is 12.3. The van der Waals surface area contributed by atoms with E-state index in [-0.39, 0.29) is 0 Å². The van der Waals surface area contributed by atoms with E-state index >= 15 is 0 Å². The minimum atomic E-state index is -0.997. The SMILES string of the molecule is CN=C(NCCS(=O)c1ccccc1)NCc1ccc(CN2CCCCC2)cc1. The zero-order valence-corrected chi connectivity index (χ0v) is 18.1. The lowest BCUT2D eigenvalue weighted by atomic mass is 10.1. The molecular formula is C23H32N4OS. The third-order valence-corrected chi connectivity index (χ3v) is 6.52. The molecule has 0 spiro atoms. The quantitative estimate of drug-likeness (QED) is 0.517. The Morgan fingerprint density at radius 2 is 1.66 bits per heavy atom. The summed E-state index contributed by atoms with van der Waals surface area (Å²) >= 11 is 0. The molecular weight excluding hydrogens is 380 g/mol. The fourth-order valence-electron chi connectivity index (χ4n) is 3.50. The molecule has 1 fully saturated rings. The van der Waals surface area contributed by atoms with Crippen molar-refractivity contribution in [3.05, 3.63) is 65.7 Å². The predicted octanol–water partition coefficient (Wildman–Crippen LogP) is 3.15. The Morgan fingerprint density at radius 3 is 2.34 bits per heavy atom. The maximum atomic E-state index is 12.3. The van der Waals surface area contributed by atoms with E-state index in [2.05, 4.69) is 44.8 Å². The summed E-state index contributed by atoms with van der Waals surface area (Å²) in [5.41, 5.74) is 2.60. The molecule has 0 aromatic heterocycles. The number of nitrogens with one attached hydrogen (secondary N) is 2. The van der Waals surface area contributed by atoms with E-state index in [9.17, 15) is 4.21 Å². The van der Waals surface area contributed by atoms with E-state index < -0.39 is 10.8 Å². The van der Waals surface area contributed by atoms with E-state index in [1.165, 1.54) is 43.5 Å². The van der Waals surface area contributed by atoms with Crippen LogP contribution in [0.3, 0.4) is 0 Å². The zero-order chi connectivity index (χ0) is 20.3. The van der Waals surface area contributed by atoms with Crippen molar-refractivity contribution in [2.75, 3.05) is 32.4 Å². The van der Waals surface area contributed by atoms with E-state index in [0.29, 0.717) is 18.8 Å². The topological polar surface area (TPSA) is 56.7 Å². The van der Waals surface area contributed by atoms with Crippen molar-refractivity contribution in [2.45, 2.75) is 37.2 Å². The number of likely N-dealkylation sites (tertiary alicyclic amines) is 1. The van der Waals surface area contributed by atoms with Gasteiger partial charge in [-0.1, -0.05) is 48.9 Å². The molecule has 1 saturated heterocycles. The third kappa shape index (κ3) is 7.29. The van der Waals surface area contributed by atoms with Crippen LogP contribution in [0.1, 0.15) is 30.4 Å². The molecule has 0 saturated carbocycles. The van der Waals surface area contributed by atoms with Gasteiger partial charge in [-0.25, -0.2) is 0 Å². The Balaban J connectivity index is 1.39. The smallest absolute Gasteiger partial charge is 0.191 e. The Bertz CT molecular complexity index is 786. The first-order valence-electron chi connectivity index (χ1n) is 10.4. The second-order valence-electron chi connectivity index (χ2n) is 7.37. The first-order valence-corrected chi connectivity index (χ1v) is 11.7. The highest BCUT2D eigenvalue weighted by Crippen LogP contribution is 2.13. The van der Waals surface area contributed by atoms with E-state index in [1.807, 2.05) is 30.3 Å². The molecule has 1 aliphatic heterocycles. The summed E-state index contributed by atoms with van der Waals surface area (Å²) in [7, 11) is 0.758. The molecule has 2 N–H and O–H groups in total. The number of hydrogen-bond donors (Lipinski definition) is 2. The Morgan fingerprint density at radius 1 is 0.966 bits per heavy atom. The molecule has 1 heterocycles. The first kappa shape index (κ1) is 21.5. The first-order chi connectivity index (χ1) is 14.2. The highest BCUT2D eigenvalue weighted by atomic mass is 32.2. The number of guanidine groups is 1. The van der Waals surface area contributed by atoms with Gasteiger partial charge in [0.2, 0.25) is 0 Å². The molecule has 0 bridgehead atoms. The van der Waals surface area contributed by atoms with Crippen LogP contribution in [-0.2, 0) is 23.9 Å². The van der Waals surface area contributed by atoms with Gasteiger partial charge < -0.3 is 10.6 Å². The molecule has 0 amide bonds. The van der Waals surface area contributed by atoms with Gasteiger partial charge in [-0.3, -0.25) is 14.1 Å². The summed E-state index contributed by atoms with van der Waals surface area (Å²) in [5.74, 6) is 1.28. The van der Waals surface area contributed by atoms with E-state index in [1.54, 1.807) is 7.05 Å². The minimum Gasteiger partial charge on any atom is -0.355 e. The largest absolute Gasteiger partial charge is 0.355 e. The molecule has 2 aromatic carbocycles. The molecule has 2 aromatic rings. The van der Waals surface area contributed by atoms with Crippen LogP contribution in [0.5, 0.6) is 0 Å². The van der Waals surface area contributed by atoms with Gasteiger partial charge in [0, 0.05) is 37.3 Å². The summed E-state index contributed by atoms with van der Waals surface area (Å²) in [5, 5.41) is 6.57. The number of nitrogens with zero attached hydrogens (tertiary/aromatic N) is 2. The molecule has 1 aliphatic rings. The van der Waals surface area contributed by atoms with Gasteiger partial charge >= 0.3 is 0 Å². The number of piperidine rings is 1. The second kappa shape index (κ2) is 11.7.